The minimum absolute atomic E-state index is 0.0657. The molecule has 0 bridgehead atoms. The Morgan fingerprint density at radius 3 is 1.96 bits per heavy atom. The monoisotopic (exact) mass is 387 g/mol. The second kappa shape index (κ2) is 9.88. The molecule has 0 unspecified atom stereocenters. The van der Waals surface area contributed by atoms with Crippen molar-refractivity contribution in [1.82, 2.24) is 4.90 Å². The van der Waals surface area contributed by atoms with Crippen molar-refractivity contribution in [3.8, 4) is 23.0 Å². The van der Waals surface area contributed by atoms with Crippen LogP contribution >= 0.6 is 0 Å². The molecule has 0 fully saturated rings. The van der Waals surface area contributed by atoms with Crippen molar-refractivity contribution >= 4 is 5.91 Å². The fourth-order valence-electron chi connectivity index (χ4n) is 2.99. The van der Waals surface area contributed by atoms with Gasteiger partial charge in [0.05, 0.1) is 28.4 Å². The Balaban J connectivity index is 2.04. The van der Waals surface area contributed by atoms with Crippen molar-refractivity contribution in [1.29, 1.82) is 0 Å². The van der Waals surface area contributed by atoms with Crippen LogP contribution in [0.2, 0.25) is 0 Å². The first-order valence-corrected chi connectivity index (χ1v) is 9.09. The van der Waals surface area contributed by atoms with E-state index in [9.17, 15) is 4.79 Å². The fourth-order valence-corrected chi connectivity index (χ4v) is 2.99. The van der Waals surface area contributed by atoms with Crippen LogP contribution in [0.4, 0.5) is 0 Å². The highest BCUT2D eigenvalue weighted by molar-refractivity contribution is 5.76. The molecule has 2 rings (SSSR count). The molecule has 0 spiro atoms. The standard InChI is InChI=1S/C22H29NO5/c1-15-9-20(27-5)21(28-6)12-17(15)14-23(2)22(24)8-7-16-10-18(25-3)13-19(11-16)26-4/h9-13H,7-8,14H2,1-6H3. The third kappa shape index (κ3) is 5.31. The van der Waals surface area contributed by atoms with Gasteiger partial charge in [0.1, 0.15) is 11.5 Å². The highest BCUT2D eigenvalue weighted by Crippen LogP contribution is 2.31. The maximum atomic E-state index is 12.6. The zero-order chi connectivity index (χ0) is 20.7. The minimum atomic E-state index is 0.0657. The van der Waals surface area contributed by atoms with E-state index in [-0.39, 0.29) is 5.91 Å². The number of methoxy groups -OCH3 is 4. The Hall–Kier alpha value is -2.89. The average molecular weight is 387 g/mol. The van der Waals surface area contributed by atoms with E-state index < -0.39 is 0 Å². The Kier molecular flexibility index (Phi) is 7.55. The maximum absolute atomic E-state index is 12.6. The number of nitrogens with zero attached hydrogens (tertiary/aromatic N) is 1. The van der Waals surface area contributed by atoms with Gasteiger partial charge in [-0.05, 0) is 54.3 Å². The van der Waals surface area contributed by atoms with Crippen molar-refractivity contribution in [2.45, 2.75) is 26.3 Å². The normalized spacial score (nSPS) is 10.4. The van der Waals surface area contributed by atoms with E-state index in [2.05, 4.69) is 0 Å². The lowest BCUT2D eigenvalue weighted by molar-refractivity contribution is -0.130. The minimum Gasteiger partial charge on any atom is -0.497 e. The molecule has 2 aromatic carbocycles. The Morgan fingerprint density at radius 1 is 0.857 bits per heavy atom. The molecule has 6 heteroatoms. The molecule has 0 saturated carbocycles. The predicted molar refractivity (Wildman–Crippen MR) is 109 cm³/mol. The van der Waals surface area contributed by atoms with Gasteiger partial charge in [0, 0.05) is 26.1 Å². The van der Waals surface area contributed by atoms with E-state index in [1.54, 1.807) is 33.3 Å². The lowest BCUT2D eigenvalue weighted by atomic mass is 10.1. The van der Waals surface area contributed by atoms with Crippen LogP contribution in [0.5, 0.6) is 23.0 Å². The number of hydrogen-bond acceptors (Lipinski definition) is 5. The molecule has 0 saturated heterocycles. The molecule has 0 atom stereocenters. The summed E-state index contributed by atoms with van der Waals surface area (Å²) in [4.78, 5) is 14.4. The van der Waals surface area contributed by atoms with Crippen LogP contribution in [-0.4, -0.2) is 46.3 Å². The summed E-state index contributed by atoms with van der Waals surface area (Å²) in [7, 11) is 8.25. The van der Waals surface area contributed by atoms with Gasteiger partial charge in [0.25, 0.3) is 0 Å². The molecule has 0 aliphatic heterocycles. The van der Waals surface area contributed by atoms with Crippen LogP contribution in [0.25, 0.3) is 0 Å². The van der Waals surface area contributed by atoms with Crippen LogP contribution < -0.4 is 18.9 Å². The molecular formula is C22H29NO5. The Bertz CT molecular complexity index is 797. The van der Waals surface area contributed by atoms with Crippen LogP contribution in [0.3, 0.4) is 0 Å². The molecule has 28 heavy (non-hydrogen) atoms. The number of hydrogen-bond donors (Lipinski definition) is 0. The molecule has 0 N–H and O–H groups in total. The van der Waals surface area contributed by atoms with E-state index in [1.807, 2.05) is 44.3 Å². The summed E-state index contributed by atoms with van der Waals surface area (Å²) in [6.45, 7) is 2.50. The van der Waals surface area contributed by atoms with Crippen molar-refractivity contribution in [3.63, 3.8) is 0 Å². The van der Waals surface area contributed by atoms with E-state index in [0.717, 1.165) is 28.2 Å². The lowest BCUT2D eigenvalue weighted by Crippen LogP contribution is -2.26. The summed E-state index contributed by atoms with van der Waals surface area (Å²) in [6.07, 6.45) is 1.01. The quantitative estimate of drug-likeness (QED) is 0.658. The number of benzene rings is 2. The zero-order valence-corrected chi connectivity index (χ0v) is 17.5. The van der Waals surface area contributed by atoms with Gasteiger partial charge in [-0.25, -0.2) is 0 Å². The van der Waals surface area contributed by atoms with Gasteiger partial charge in [0.15, 0.2) is 11.5 Å². The van der Waals surface area contributed by atoms with Gasteiger partial charge in [-0.3, -0.25) is 4.79 Å². The molecule has 6 nitrogen and oxygen atoms in total. The smallest absolute Gasteiger partial charge is 0.222 e. The molecule has 0 aliphatic rings. The molecule has 0 aromatic heterocycles. The first kappa shape index (κ1) is 21.4. The molecular weight excluding hydrogens is 358 g/mol. The first-order chi connectivity index (χ1) is 13.4. The van der Waals surface area contributed by atoms with E-state index in [4.69, 9.17) is 18.9 Å². The van der Waals surface area contributed by atoms with Crippen LogP contribution in [0.1, 0.15) is 23.1 Å². The molecule has 152 valence electrons. The number of ether oxygens (including phenoxy) is 4. The summed E-state index contributed by atoms with van der Waals surface area (Å²) in [6, 6.07) is 9.51. The number of carbonyl (C=O) groups is 1. The summed E-state index contributed by atoms with van der Waals surface area (Å²) >= 11 is 0. The third-order valence-corrected chi connectivity index (χ3v) is 4.71. The van der Waals surface area contributed by atoms with E-state index in [0.29, 0.717) is 30.9 Å². The van der Waals surface area contributed by atoms with Gasteiger partial charge >= 0.3 is 0 Å². The van der Waals surface area contributed by atoms with Gasteiger partial charge in [0.2, 0.25) is 5.91 Å². The first-order valence-electron chi connectivity index (χ1n) is 9.09. The lowest BCUT2D eigenvalue weighted by Gasteiger charge is -2.20. The van der Waals surface area contributed by atoms with E-state index >= 15 is 0 Å². The fraction of sp³-hybridized carbons (Fsp3) is 0.409. The topological polar surface area (TPSA) is 57.2 Å². The summed E-state index contributed by atoms with van der Waals surface area (Å²) in [5.74, 6) is 2.85. The van der Waals surface area contributed by atoms with Crippen LogP contribution in [-0.2, 0) is 17.8 Å². The van der Waals surface area contributed by atoms with Crippen molar-refractivity contribution in [2.75, 3.05) is 35.5 Å². The predicted octanol–water partition coefficient (Wildman–Crippen LogP) is 3.62. The summed E-state index contributed by atoms with van der Waals surface area (Å²) in [5.41, 5.74) is 3.08. The molecule has 2 aromatic rings. The third-order valence-electron chi connectivity index (χ3n) is 4.71. The van der Waals surface area contributed by atoms with Crippen LogP contribution in [0.15, 0.2) is 30.3 Å². The van der Waals surface area contributed by atoms with Gasteiger partial charge in [-0.2, -0.15) is 0 Å². The second-order valence-electron chi connectivity index (χ2n) is 6.60. The average Bonchev–Trinajstić information content (AvgIpc) is 2.72. The van der Waals surface area contributed by atoms with Crippen molar-refractivity contribution < 1.29 is 23.7 Å². The second-order valence-corrected chi connectivity index (χ2v) is 6.60. The van der Waals surface area contributed by atoms with E-state index in [1.165, 1.54) is 0 Å². The molecule has 0 radical (unpaired) electrons. The van der Waals surface area contributed by atoms with Crippen molar-refractivity contribution in [3.05, 3.63) is 47.0 Å². The number of amides is 1. The number of rotatable bonds is 9. The Morgan fingerprint density at radius 2 is 1.43 bits per heavy atom. The van der Waals surface area contributed by atoms with Crippen LogP contribution in [0, 0.1) is 6.92 Å². The SMILES string of the molecule is COc1cc(CCC(=O)N(C)Cc2cc(OC)c(OC)cc2C)cc(OC)c1. The molecule has 0 aliphatic carbocycles. The maximum Gasteiger partial charge on any atom is 0.222 e. The van der Waals surface area contributed by atoms with Gasteiger partial charge < -0.3 is 23.8 Å². The highest BCUT2D eigenvalue weighted by atomic mass is 16.5. The number of aryl methyl sites for hydroxylation is 2. The highest BCUT2D eigenvalue weighted by Gasteiger charge is 2.14. The largest absolute Gasteiger partial charge is 0.497 e. The van der Waals surface area contributed by atoms with Crippen molar-refractivity contribution in [2.24, 2.45) is 0 Å². The zero-order valence-electron chi connectivity index (χ0n) is 17.5. The summed E-state index contributed by atoms with van der Waals surface area (Å²) < 4.78 is 21.3. The Labute approximate surface area is 167 Å². The molecule has 1 amide bonds. The van der Waals surface area contributed by atoms with Gasteiger partial charge in [-0.15, -0.1) is 0 Å². The summed E-state index contributed by atoms with van der Waals surface area (Å²) in [5, 5.41) is 0. The van der Waals surface area contributed by atoms with Gasteiger partial charge in [-0.1, -0.05) is 0 Å². The number of carbonyl (C=O) groups excluding carboxylic acids is 1. The molecule has 0 heterocycles.